The topological polar surface area (TPSA) is 29.5 Å². The number of furan rings is 2. The van der Waals surface area contributed by atoms with Crippen LogP contribution in [0.3, 0.4) is 0 Å². The molecule has 0 aliphatic carbocycles. The van der Waals surface area contributed by atoms with Crippen LogP contribution in [0.25, 0.3) is 87.7 Å². The molecule has 248 valence electrons. The molecule has 11 aromatic rings. The molecule has 3 heteroatoms. The number of hydrogen-bond acceptors (Lipinski definition) is 3. The van der Waals surface area contributed by atoms with Crippen molar-refractivity contribution in [2.45, 2.75) is 0 Å². The van der Waals surface area contributed by atoms with E-state index >= 15 is 0 Å². The van der Waals surface area contributed by atoms with Gasteiger partial charge in [0, 0.05) is 38.5 Å². The van der Waals surface area contributed by atoms with E-state index in [1.165, 1.54) is 32.7 Å². The van der Waals surface area contributed by atoms with Gasteiger partial charge in [0.2, 0.25) is 0 Å². The van der Waals surface area contributed by atoms with Crippen molar-refractivity contribution >= 4 is 82.5 Å². The van der Waals surface area contributed by atoms with Gasteiger partial charge in [-0.15, -0.1) is 0 Å². The molecule has 0 unspecified atom stereocenters. The number of fused-ring (bicyclic) bond motifs is 9. The highest BCUT2D eigenvalue weighted by Crippen LogP contribution is 2.50. The maximum Gasteiger partial charge on any atom is 0.160 e. The highest BCUT2D eigenvalue weighted by Gasteiger charge is 2.26. The first-order valence-corrected chi connectivity index (χ1v) is 18.0. The molecule has 0 spiro atoms. The Balaban J connectivity index is 1.25. The third kappa shape index (κ3) is 4.75. The zero-order valence-electron chi connectivity index (χ0n) is 28.7. The second-order valence-electron chi connectivity index (χ2n) is 13.7. The molecule has 0 aliphatic heterocycles. The number of para-hydroxylation sites is 1. The summed E-state index contributed by atoms with van der Waals surface area (Å²) in [5.41, 5.74) is 11.0. The summed E-state index contributed by atoms with van der Waals surface area (Å²) in [5, 5.41) is 9.03. The van der Waals surface area contributed by atoms with Crippen LogP contribution in [0.1, 0.15) is 0 Å². The van der Waals surface area contributed by atoms with Gasteiger partial charge < -0.3 is 13.7 Å². The maximum atomic E-state index is 7.08. The molecule has 11 rings (SSSR count). The number of nitrogens with zero attached hydrogens (tertiary/aromatic N) is 1. The van der Waals surface area contributed by atoms with Gasteiger partial charge in [0.25, 0.3) is 0 Å². The van der Waals surface area contributed by atoms with Gasteiger partial charge >= 0.3 is 0 Å². The highest BCUT2D eigenvalue weighted by atomic mass is 16.3. The summed E-state index contributed by atoms with van der Waals surface area (Å²) < 4.78 is 13.4. The summed E-state index contributed by atoms with van der Waals surface area (Å²) in [6.07, 6.45) is 0. The Morgan fingerprint density at radius 2 is 0.925 bits per heavy atom. The minimum Gasteiger partial charge on any atom is -0.456 e. The lowest BCUT2D eigenvalue weighted by Crippen LogP contribution is -2.11. The molecule has 0 atom stereocenters. The van der Waals surface area contributed by atoms with E-state index in [2.05, 4.69) is 175 Å². The summed E-state index contributed by atoms with van der Waals surface area (Å²) in [4.78, 5) is 2.38. The molecule has 0 fully saturated rings. The van der Waals surface area contributed by atoms with Gasteiger partial charge in [-0.3, -0.25) is 0 Å². The lowest BCUT2D eigenvalue weighted by atomic mass is 9.96. The molecule has 0 saturated heterocycles. The highest BCUT2D eigenvalue weighted by molar-refractivity contribution is 6.27. The van der Waals surface area contributed by atoms with Crippen molar-refractivity contribution in [2.75, 3.05) is 4.90 Å². The average Bonchev–Trinajstić information content (AvgIpc) is 3.80. The van der Waals surface area contributed by atoms with Gasteiger partial charge in [0.15, 0.2) is 5.58 Å². The van der Waals surface area contributed by atoms with Crippen LogP contribution in [0.4, 0.5) is 17.1 Å². The molecule has 0 amide bonds. The normalized spacial score (nSPS) is 11.8. The van der Waals surface area contributed by atoms with E-state index in [0.717, 1.165) is 72.1 Å². The first-order valence-electron chi connectivity index (χ1n) is 18.0. The zero-order valence-corrected chi connectivity index (χ0v) is 28.7. The van der Waals surface area contributed by atoms with E-state index in [0.29, 0.717) is 0 Å². The summed E-state index contributed by atoms with van der Waals surface area (Å²) in [7, 11) is 0. The van der Waals surface area contributed by atoms with Crippen molar-refractivity contribution in [3.05, 3.63) is 188 Å². The van der Waals surface area contributed by atoms with Crippen LogP contribution in [0.15, 0.2) is 197 Å². The second kappa shape index (κ2) is 11.7. The third-order valence-corrected chi connectivity index (χ3v) is 10.6. The van der Waals surface area contributed by atoms with E-state index in [1.54, 1.807) is 0 Å². The first kappa shape index (κ1) is 29.6. The Hall–Kier alpha value is -7.10. The van der Waals surface area contributed by atoms with E-state index in [9.17, 15) is 0 Å². The van der Waals surface area contributed by atoms with Gasteiger partial charge in [0.1, 0.15) is 16.7 Å². The van der Waals surface area contributed by atoms with Crippen LogP contribution in [-0.4, -0.2) is 0 Å². The van der Waals surface area contributed by atoms with Crippen molar-refractivity contribution < 1.29 is 8.83 Å². The summed E-state index contributed by atoms with van der Waals surface area (Å²) >= 11 is 0. The SMILES string of the molecule is c1ccc(-c2ccc(N(c3ccc4ccccc4c3)c3c(-c4ccc5ccccc5c4)ccc4c3oc3ccc5oc6ccccc6c5c34)cc2)cc1. The van der Waals surface area contributed by atoms with Crippen LogP contribution in [0.5, 0.6) is 0 Å². The molecule has 53 heavy (non-hydrogen) atoms. The van der Waals surface area contributed by atoms with Gasteiger partial charge in [-0.2, -0.15) is 0 Å². The van der Waals surface area contributed by atoms with Crippen molar-refractivity contribution in [1.82, 2.24) is 0 Å². The third-order valence-electron chi connectivity index (χ3n) is 10.6. The number of anilines is 3. The van der Waals surface area contributed by atoms with Crippen molar-refractivity contribution in [3.8, 4) is 22.3 Å². The van der Waals surface area contributed by atoms with Gasteiger partial charge in [0.05, 0.1) is 5.69 Å². The average molecular weight is 678 g/mol. The molecule has 2 aromatic heterocycles. The predicted molar refractivity (Wildman–Crippen MR) is 222 cm³/mol. The van der Waals surface area contributed by atoms with Crippen LogP contribution in [0.2, 0.25) is 0 Å². The van der Waals surface area contributed by atoms with E-state index in [1.807, 2.05) is 18.2 Å². The van der Waals surface area contributed by atoms with Crippen LogP contribution in [0, 0.1) is 0 Å². The molecule has 0 aliphatic rings. The lowest BCUT2D eigenvalue weighted by molar-refractivity contribution is 0.663. The molecule has 2 heterocycles. The standard InChI is InChI=1S/C50H31NO2/c1-2-10-32(11-3-1)35-20-23-39(24-21-35)51(40-25-22-34-13-5-7-15-37(34)31-40)49-41(38-19-18-33-12-4-6-14-36(33)30-38)26-27-43-48-46(53-50(43)49)29-28-45-47(48)42-16-8-9-17-44(42)52-45/h1-31H. The molecule has 0 N–H and O–H groups in total. The number of hydrogen-bond donors (Lipinski definition) is 0. The first-order chi connectivity index (χ1) is 26.3. The fourth-order valence-electron chi connectivity index (χ4n) is 8.10. The van der Waals surface area contributed by atoms with Crippen LogP contribution in [-0.2, 0) is 0 Å². The number of benzene rings is 9. The fraction of sp³-hybridized carbons (Fsp3) is 0. The smallest absolute Gasteiger partial charge is 0.160 e. The molecule has 0 radical (unpaired) electrons. The molecule has 9 aromatic carbocycles. The molecule has 0 bridgehead atoms. The van der Waals surface area contributed by atoms with Crippen LogP contribution < -0.4 is 4.90 Å². The van der Waals surface area contributed by atoms with Crippen molar-refractivity contribution in [2.24, 2.45) is 0 Å². The minimum atomic E-state index is 0.823. The summed E-state index contributed by atoms with van der Waals surface area (Å²) in [6.45, 7) is 0. The minimum absolute atomic E-state index is 0.823. The molecule has 0 saturated carbocycles. The molecule has 3 nitrogen and oxygen atoms in total. The van der Waals surface area contributed by atoms with E-state index in [4.69, 9.17) is 8.83 Å². The fourth-order valence-corrected chi connectivity index (χ4v) is 8.10. The summed E-state index contributed by atoms with van der Waals surface area (Å²) in [5.74, 6) is 0. The Kier molecular flexibility index (Phi) is 6.55. The van der Waals surface area contributed by atoms with Crippen molar-refractivity contribution in [3.63, 3.8) is 0 Å². The Bertz CT molecular complexity index is 3170. The van der Waals surface area contributed by atoms with Gasteiger partial charge in [-0.25, -0.2) is 0 Å². The summed E-state index contributed by atoms with van der Waals surface area (Å²) in [6, 6.07) is 66.8. The van der Waals surface area contributed by atoms with Gasteiger partial charge in [-0.1, -0.05) is 133 Å². The second-order valence-corrected chi connectivity index (χ2v) is 13.7. The number of rotatable bonds is 5. The Morgan fingerprint density at radius 3 is 1.72 bits per heavy atom. The van der Waals surface area contributed by atoms with Crippen molar-refractivity contribution in [1.29, 1.82) is 0 Å². The quantitative estimate of drug-likeness (QED) is 0.182. The predicted octanol–water partition coefficient (Wildman–Crippen LogP) is 14.6. The zero-order chi connectivity index (χ0) is 34.9. The van der Waals surface area contributed by atoms with Gasteiger partial charge in [-0.05, 0) is 92.8 Å². The lowest BCUT2D eigenvalue weighted by Gasteiger charge is -2.28. The molecular weight excluding hydrogens is 647 g/mol. The Labute approximate surface area is 305 Å². The Morgan fingerprint density at radius 1 is 0.340 bits per heavy atom. The largest absolute Gasteiger partial charge is 0.456 e. The van der Waals surface area contributed by atoms with Crippen LogP contribution >= 0.6 is 0 Å². The maximum absolute atomic E-state index is 7.08. The van der Waals surface area contributed by atoms with E-state index < -0.39 is 0 Å². The molecular formula is C50H31NO2. The van der Waals surface area contributed by atoms with E-state index in [-0.39, 0.29) is 0 Å². The monoisotopic (exact) mass is 677 g/mol.